The van der Waals surface area contributed by atoms with E-state index >= 15 is 0 Å². The average molecular weight is 531 g/mol. The standard InChI is InChI=1S/C26H44FIN2/c1-17-4-6-20(7-5-17)24(15-29)16-30-26(28)22-10-11-25(19(3)13-22)21-8-9-23(14-27)18(2)12-21/h11,16-24,26H,4-10,12-15,29H2,1-3H3/b30-16-. The topological polar surface area (TPSA) is 38.4 Å². The molecule has 4 heteroatoms. The molecule has 0 aromatic heterocycles. The molecule has 0 radical (unpaired) electrons. The highest BCUT2D eigenvalue weighted by Crippen LogP contribution is 2.44. The SMILES string of the molecule is CC1CCC(C(/C=N\C(I)C2CC=C(C3CCC(CF)C(C)C3)C(C)C2)CN)CC1. The van der Waals surface area contributed by atoms with Crippen LogP contribution in [0.1, 0.15) is 78.6 Å². The third-order valence-electron chi connectivity index (χ3n) is 8.65. The Morgan fingerprint density at radius 2 is 1.83 bits per heavy atom. The van der Waals surface area contributed by atoms with Crippen LogP contribution >= 0.6 is 22.6 Å². The fourth-order valence-electron chi connectivity index (χ4n) is 6.36. The highest BCUT2D eigenvalue weighted by Gasteiger charge is 2.34. The van der Waals surface area contributed by atoms with E-state index in [1.165, 1.54) is 44.9 Å². The molecule has 30 heavy (non-hydrogen) atoms. The van der Waals surface area contributed by atoms with Crippen LogP contribution in [0.2, 0.25) is 0 Å². The number of alkyl halides is 2. The fourth-order valence-corrected chi connectivity index (χ4v) is 7.14. The number of nitrogens with two attached hydrogens (primary N) is 1. The molecule has 3 aliphatic rings. The lowest BCUT2D eigenvalue weighted by molar-refractivity contribution is 0.168. The van der Waals surface area contributed by atoms with Crippen molar-refractivity contribution in [3.63, 3.8) is 0 Å². The van der Waals surface area contributed by atoms with Crippen LogP contribution < -0.4 is 5.73 Å². The first-order chi connectivity index (χ1) is 14.4. The normalized spacial score (nSPS) is 40.2. The molecular weight excluding hydrogens is 486 g/mol. The Kier molecular flexibility index (Phi) is 9.67. The number of rotatable bonds is 7. The Labute approximate surface area is 198 Å². The van der Waals surface area contributed by atoms with E-state index in [1.54, 1.807) is 5.57 Å². The Bertz CT molecular complexity index is 584. The third kappa shape index (κ3) is 6.30. The summed E-state index contributed by atoms with van der Waals surface area (Å²) >= 11 is 2.56. The monoisotopic (exact) mass is 530 g/mol. The maximum absolute atomic E-state index is 13.2. The number of aliphatic imine (C=N–C) groups is 1. The van der Waals surface area contributed by atoms with E-state index in [0.29, 0.717) is 39.6 Å². The Hall–Kier alpha value is 0.0300. The lowest BCUT2D eigenvalue weighted by Gasteiger charge is -2.39. The molecule has 2 nitrogen and oxygen atoms in total. The van der Waals surface area contributed by atoms with Crippen LogP contribution in [0.4, 0.5) is 4.39 Å². The van der Waals surface area contributed by atoms with Crippen LogP contribution in [0.15, 0.2) is 16.6 Å². The molecular formula is C26H44FIN2. The Morgan fingerprint density at radius 1 is 1.10 bits per heavy atom. The van der Waals surface area contributed by atoms with Crippen LogP contribution in [-0.4, -0.2) is 23.5 Å². The van der Waals surface area contributed by atoms with E-state index in [2.05, 4.69) is 55.7 Å². The summed E-state index contributed by atoms with van der Waals surface area (Å²) in [6.45, 7) is 7.63. The summed E-state index contributed by atoms with van der Waals surface area (Å²) in [5.74, 6) is 4.84. The smallest absolute Gasteiger partial charge is 0.104 e. The van der Waals surface area contributed by atoms with Crippen LogP contribution in [0.3, 0.4) is 0 Å². The molecule has 0 aliphatic heterocycles. The minimum Gasteiger partial charge on any atom is -0.330 e. The predicted molar refractivity (Wildman–Crippen MR) is 136 cm³/mol. The Balaban J connectivity index is 1.54. The fraction of sp³-hybridized carbons (Fsp3) is 0.885. The quantitative estimate of drug-likeness (QED) is 0.122. The predicted octanol–water partition coefficient (Wildman–Crippen LogP) is 7.21. The molecule has 2 N–H and O–H groups in total. The van der Waals surface area contributed by atoms with Crippen molar-refractivity contribution in [2.24, 2.45) is 58.1 Å². The minimum atomic E-state index is -0.136. The van der Waals surface area contributed by atoms with Crippen LogP contribution in [0, 0.1) is 47.3 Å². The van der Waals surface area contributed by atoms with Gasteiger partial charge in [-0.05, 0) is 86.4 Å². The summed E-state index contributed by atoms with van der Waals surface area (Å²) in [6.07, 6.45) is 15.9. The van der Waals surface area contributed by atoms with Crippen LogP contribution in [0.25, 0.3) is 0 Å². The van der Waals surface area contributed by atoms with Gasteiger partial charge in [-0.25, -0.2) is 0 Å². The summed E-state index contributed by atoms with van der Waals surface area (Å²) in [5, 5.41) is 0. The largest absolute Gasteiger partial charge is 0.330 e. The molecule has 7 unspecified atom stereocenters. The third-order valence-corrected chi connectivity index (χ3v) is 9.98. The van der Waals surface area contributed by atoms with Gasteiger partial charge in [0.05, 0.1) is 6.67 Å². The number of allylic oxidation sites excluding steroid dienone is 2. The number of nitrogens with zero attached hydrogens (tertiary/aromatic N) is 1. The van der Waals surface area contributed by atoms with Gasteiger partial charge >= 0.3 is 0 Å². The number of hydrogen-bond acceptors (Lipinski definition) is 2. The van der Waals surface area contributed by atoms with E-state index in [0.717, 1.165) is 31.2 Å². The van der Waals surface area contributed by atoms with E-state index in [1.807, 2.05) is 0 Å². The van der Waals surface area contributed by atoms with E-state index < -0.39 is 0 Å². The maximum atomic E-state index is 13.2. The molecule has 0 amide bonds. The van der Waals surface area contributed by atoms with Crippen molar-refractivity contribution < 1.29 is 4.39 Å². The highest BCUT2D eigenvalue weighted by molar-refractivity contribution is 14.1. The second-order valence-electron chi connectivity index (χ2n) is 10.8. The first kappa shape index (κ1) is 24.7. The molecule has 0 heterocycles. The van der Waals surface area contributed by atoms with Crippen molar-refractivity contribution in [2.45, 2.75) is 82.6 Å². The lowest BCUT2D eigenvalue weighted by Crippen LogP contribution is -2.30. The van der Waals surface area contributed by atoms with Crippen molar-refractivity contribution in [2.75, 3.05) is 13.2 Å². The van der Waals surface area contributed by atoms with Crippen molar-refractivity contribution in [3.05, 3.63) is 11.6 Å². The summed E-state index contributed by atoms with van der Waals surface area (Å²) < 4.78 is 13.5. The van der Waals surface area contributed by atoms with Crippen molar-refractivity contribution in [1.29, 1.82) is 0 Å². The van der Waals surface area contributed by atoms with Crippen molar-refractivity contribution in [3.8, 4) is 0 Å². The summed E-state index contributed by atoms with van der Waals surface area (Å²) in [5.41, 5.74) is 7.80. The molecule has 0 aromatic rings. The van der Waals surface area contributed by atoms with Gasteiger partial charge in [0.1, 0.15) is 4.05 Å². The molecule has 0 saturated heterocycles. The summed E-state index contributed by atoms with van der Waals surface area (Å²) in [4.78, 5) is 5.03. The van der Waals surface area contributed by atoms with E-state index in [4.69, 9.17) is 10.7 Å². The molecule has 0 spiro atoms. The van der Waals surface area contributed by atoms with Crippen molar-refractivity contribution in [1.82, 2.24) is 0 Å². The first-order valence-corrected chi connectivity index (χ1v) is 13.8. The molecule has 0 bridgehead atoms. The van der Waals surface area contributed by atoms with Crippen molar-refractivity contribution >= 4 is 28.8 Å². The molecule has 3 aliphatic carbocycles. The zero-order chi connectivity index (χ0) is 21.7. The second kappa shape index (κ2) is 11.8. The van der Waals surface area contributed by atoms with Gasteiger partial charge in [0.25, 0.3) is 0 Å². The summed E-state index contributed by atoms with van der Waals surface area (Å²) in [6, 6.07) is 0. The second-order valence-corrected chi connectivity index (χ2v) is 12.1. The molecule has 2 fully saturated rings. The van der Waals surface area contributed by atoms with Gasteiger partial charge in [0.15, 0.2) is 0 Å². The molecule has 2 saturated carbocycles. The van der Waals surface area contributed by atoms with Crippen LogP contribution in [-0.2, 0) is 0 Å². The molecule has 0 aromatic carbocycles. The Morgan fingerprint density at radius 3 is 2.43 bits per heavy atom. The zero-order valence-corrected chi connectivity index (χ0v) is 21.6. The lowest BCUT2D eigenvalue weighted by atomic mass is 9.68. The summed E-state index contributed by atoms with van der Waals surface area (Å²) in [7, 11) is 0. The van der Waals surface area contributed by atoms with Gasteiger partial charge < -0.3 is 5.73 Å². The minimum absolute atomic E-state index is 0.136. The maximum Gasteiger partial charge on any atom is 0.104 e. The van der Waals surface area contributed by atoms with E-state index in [-0.39, 0.29) is 6.67 Å². The number of halogens is 2. The van der Waals surface area contributed by atoms with Gasteiger partial charge in [-0.2, -0.15) is 0 Å². The van der Waals surface area contributed by atoms with Crippen LogP contribution in [0.5, 0.6) is 0 Å². The van der Waals surface area contributed by atoms with Gasteiger partial charge in [-0.15, -0.1) is 0 Å². The molecule has 172 valence electrons. The zero-order valence-electron chi connectivity index (χ0n) is 19.4. The van der Waals surface area contributed by atoms with Gasteiger partial charge in [0.2, 0.25) is 0 Å². The van der Waals surface area contributed by atoms with Gasteiger partial charge in [0, 0.05) is 18.7 Å². The number of hydrogen-bond donors (Lipinski definition) is 1. The van der Waals surface area contributed by atoms with Gasteiger partial charge in [-0.3, -0.25) is 9.38 Å². The first-order valence-electron chi connectivity index (χ1n) is 12.6. The highest BCUT2D eigenvalue weighted by atomic mass is 127. The van der Waals surface area contributed by atoms with E-state index in [9.17, 15) is 4.39 Å². The van der Waals surface area contributed by atoms with Gasteiger partial charge in [-0.1, -0.05) is 67.9 Å². The molecule has 3 rings (SSSR count). The molecule has 7 atom stereocenters. The average Bonchev–Trinajstić information content (AvgIpc) is 2.75.